The smallest absolute Gasteiger partial charge is 0.255 e. The molecule has 3 N–H and O–H groups in total. The Morgan fingerprint density at radius 2 is 1.78 bits per heavy atom. The summed E-state index contributed by atoms with van der Waals surface area (Å²) in [5.74, 6) is -0.0800. The van der Waals surface area contributed by atoms with E-state index in [1.807, 2.05) is 18.2 Å². The standard InChI is InChI=1S/C27H20IN5O3/c1-15(34)17-3-2-4-21(11-17)30-26(36)16-5-8-20(9-6-16)31-27-29-14-18-12-24(35)32-23-13-19(28)7-10-22(23)25(18)33-27/h2-11,13-14H,12H2,1H3,(H,30,36)(H,32,35)(H,29,31,33). The van der Waals surface area contributed by atoms with Gasteiger partial charge >= 0.3 is 0 Å². The number of Topliss-reactive ketones (excluding diaryl/α,β-unsaturated/α-hetero) is 1. The highest BCUT2D eigenvalue weighted by Gasteiger charge is 2.21. The highest BCUT2D eigenvalue weighted by Crippen LogP contribution is 2.34. The molecule has 0 unspecified atom stereocenters. The second kappa shape index (κ2) is 9.86. The minimum Gasteiger partial charge on any atom is -0.325 e. The quantitative estimate of drug-likeness (QED) is 0.211. The number of halogens is 1. The summed E-state index contributed by atoms with van der Waals surface area (Å²) in [6.45, 7) is 1.48. The monoisotopic (exact) mass is 589 g/mol. The normalized spacial score (nSPS) is 12.0. The Kier molecular flexibility index (Phi) is 6.47. The lowest BCUT2D eigenvalue weighted by atomic mass is 10.1. The van der Waals surface area contributed by atoms with E-state index in [9.17, 15) is 14.4 Å². The van der Waals surface area contributed by atoms with E-state index >= 15 is 0 Å². The zero-order valence-corrected chi connectivity index (χ0v) is 21.3. The van der Waals surface area contributed by atoms with Crippen molar-refractivity contribution in [2.75, 3.05) is 16.0 Å². The molecular weight excluding hydrogens is 569 g/mol. The van der Waals surface area contributed by atoms with Gasteiger partial charge in [0.2, 0.25) is 11.9 Å². The maximum atomic E-state index is 12.7. The SMILES string of the molecule is CC(=O)c1cccc(NC(=O)c2ccc(Nc3ncc4c(n3)-c3ccc(I)cc3NC(=O)C4)cc2)c1. The van der Waals surface area contributed by atoms with Crippen molar-refractivity contribution < 1.29 is 14.4 Å². The molecule has 0 atom stereocenters. The predicted octanol–water partition coefficient (Wildman–Crippen LogP) is 5.44. The molecule has 1 aromatic heterocycles. The van der Waals surface area contributed by atoms with Gasteiger partial charge in [-0.25, -0.2) is 9.97 Å². The largest absolute Gasteiger partial charge is 0.325 e. The van der Waals surface area contributed by atoms with Gasteiger partial charge in [0.25, 0.3) is 5.91 Å². The van der Waals surface area contributed by atoms with Crippen LogP contribution in [0.15, 0.2) is 72.9 Å². The molecule has 178 valence electrons. The van der Waals surface area contributed by atoms with E-state index in [1.54, 1.807) is 54.7 Å². The third kappa shape index (κ3) is 5.10. The van der Waals surface area contributed by atoms with Crippen LogP contribution in [0.1, 0.15) is 33.2 Å². The molecule has 1 aliphatic heterocycles. The molecule has 2 amide bonds. The lowest BCUT2D eigenvalue weighted by Gasteiger charge is -2.11. The average Bonchev–Trinajstić information content (AvgIpc) is 2.99. The Labute approximate surface area is 220 Å². The van der Waals surface area contributed by atoms with Crippen LogP contribution < -0.4 is 16.0 Å². The summed E-state index contributed by atoms with van der Waals surface area (Å²) >= 11 is 2.21. The van der Waals surface area contributed by atoms with Crippen molar-refractivity contribution in [1.82, 2.24) is 9.97 Å². The Morgan fingerprint density at radius 1 is 0.972 bits per heavy atom. The summed E-state index contributed by atoms with van der Waals surface area (Å²) in [6, 6.07) is 19.5. The maximum Gasteiger partial charge on any atom is 0.255 e. The average molecular weight is 589 g/mol. The molecule has 0 saturated carbocycles. The Bertz CT molecular complexity index is 1520. The molecule has 1 aliphatic rings. The molecule has 3 aromatic carbocycles. The molecule has 0 spiro atoms. The predicted molar refractivity (Wildman–Crippen MR) is 147 cm³/mol. The van der Waals surface area contributed by atoms with Crippen LogP contribution >= 0.6 is 22.6 Å². The van der Waals surface area contributed by atoms with E-state index in [-0.39, 0.29) is 24.0 Å². The lowest BCUT2D eigenvalue weighted by Crippen LogP contribution is -2.13. The fourth-order valence-electron chi connectivity index (χ4n) is 3.88. The number of hydrogen-bond donors (Lipinski definition) is 3. The molecule has 5 rings (SSSR count). The van der Waals surface area contributed by atoms with Crippen LogP contribution in [0.25, 0.3) is 11.3 Å². The Balaban J connectivity index is 1.34. The van der Waals surface area contributed by atoms with Crippen LogP contribution in [0.4, 0.5) is 23.0 Å². The third-order valence-corrected chi connectivity index (χ3v) is 6.33. The van der Waals surface area contributed by atoms with Gasteiger partial charge in [0, 0.05) is 43.4 Å². The van der Waals surface area contributed by atoms with E-state index in [0.717, 1.165) is 20.4 Å². The highest BCUT2D eigenvalue weighted by atomic mass is 127. The summed E-state index contributed by atoms with van der Waals surface area (Å²) in [5, 5.41) is 8.91. The van der Waals surface area contributed by atoms with Crippen molar-refractivity contribution in [2.24, 2.45) is 0 Å². The number of amides is 2. The number of carbonyl (C=O) groups excluding carboxylic acids is 3. The molecule has 0 aliphatic carbocycles. The van der Waals surface area contributed by atoms with Gasteiger partial charge in [-0.05, 0) is 84.1 Å². The van der Waals surface area contributed by atoms with E-state index in [1.165, 1.54) is 6.92 Å². The van der Waals surface area contributed by atoms with E-state index < -0.39 is 0 Å². The van der Waals surface area contributed by atoms with Gasteiger partial charge in [-0.3, -0.25) is 14.4 Å². The van der Waals surface area contributed by atoms with Gasteiger partial charge in [-0.15, -0.1) is 0 Å². The van der Waals surface area contributed by atoms with Crippen molar-refractivity contribution >= 4 is 63.2 Å². The molecule has 36 heavy (non-hydrogen) atoms. The number of fused-ring (bicyclic) bond motifs is 3. The molecule has 9 heteroatoms. The second-order valence-electron chi connectivity index (χ2n) is 8.28. The first-order valence-electron chi connectivity index (χ1n) is 11.1. The summed E-state index contributed by atoms with van der Waals surface area (Å²) in [4.78, 5) is 45.6. The van der Waals surface area contributed by atoms with Crippen LogP contribution in [0.3, 0.4) is 0 Å². The maximum absolute atomic E-state index is 12.7. The summed E-state index contributed by atoms with van der Waals surface area (Å²) in [5.41, 5.74) is 5.25. The van der Waals surface area contributed by atoms with Gasteiger partial charge in [-0.1, -0.05) is 12.1 Å². The number of carbonyl (C=O) groups is 3. The molecule has 0 radical (unpaired) electrons. The number of nitrogens with zero attached hydrogens (tertiary/aromatic N) is 2. The highest BCUT2D eigenvalue weighted by molar-refractivity contribution is 14.1. The van der Waals surface area contributed by atoms with Gasteiger partial charge in [-0.2, -0.15) is 0 Å². The summed E-state index contributed by atoms with van der Waals surface area (Å²) in [7, 11) is 0. The van der Waals surface area contributed by atoms with Crippen molar-refractivity contribution in [1.29, 1.82) is 0 Å². The van der Waals surface area contributed by atoms with Crippen LogP contribution in [0.5, 0.6) is 0 Å². The fourth-order valence-corrected chi connectivity index (χ4v) is 4.37. The number of rotatable bonds is 5. The number of aromatic nitrogens is 2. The fraction of sp³-hybridized carbons (Fsp3) is 0.0741. The number of benzene rings is 3. The first-order valence-corrected chi connectivity index (χ1v) is 12.2. The van der Waals surface area contributed by atoms with Crippen LogP contribution in [-0.4, -0.2) is 27.6 Å². The number of hydrogen-bond acceptors (Lipinski definition) is 6. The van der Waals surface area contributed by atoms with Crippen molar-refractivity contribution in [2.45, 2.75) is 13.3 Å². The van der Waals surface area contributed by atoms with Crippen molar-refractivity contribution in [3.05, 3.63) is 93.2 Å². The second-order valence-corrected chi connectivity index (χ2v) is 9.52. The Hall–Kier alpha value is -4.12. The van der Waals surface area contributed by atoms with E-state index in [0.29, 0.717) is 34.1 Å². The van der Waals surface area contributed by atoms with E-state index in [4.69, 9.17) is 0 Å². The van der Waals surface area contributed by atoms with Crippen molar-refractivity contribution in [3.63, 3.8) is 0 Å². The molecule has 0 fully saturated rings. The van der Waals surface area contributed by atoms with Crippen LogP contribution in [0.2, 0.25) is 0 Å². The molecule has 8 nitrogen and oxygen atoms in total. The zero-order valence-electron chi connectivity index (χ0n) is 19.1. The van der Waals surface area contributed by atoms with Crippen molar-refractivity contribution in [3.8, 4) is 11.3 Å². The zero-order chi connectivity index (χ0) is 25.2. The number of ketones is 1. The van der Waals surface area contributed by atoms with Gasteiger partial charge in [0.05, 0.1) is 17.8 Å². The summed E-state index contributed by atoms with van der Waals surface area (Å²) < 4.78 is 1.01. The minimum absolute atomic E-state index is 0.0670. The van der Waals surface area contributed by atoms with Crippen LogP contribution in [-0.2, 0) is 11.2 Å². The Morgan fingerprint density at radius 3 is 2.56 bits per heavy atom. The van der Waals surface area contributed by atoms with E-state index in [2.05, 4.69) is 48.5 Å². The topological polar surface area (TPSA) is 113 Å². The number of nitrogens with one attached hydrogen (secondary N) is 3. The van der Waals surface area contributed by atoms with Gasteiger partial charge in [0.1, 0.15) is 0 Å². The molecular formula is C27H20IN5O3. The minimum atomic E-state index is -0.285. The molecule has 0 bridgehead atoms. The molecule has 0 saturated heterocycles. The van der Waals surface area contributed by atoms with Gasteiger partial charge in [0.15, 0.2) is 5.78 Å². The molecule has 2 heterocycles. The lowest BCUT2D eigenvalue weighted by molar-refractivity contribution is -0.115. The first kappa shape index (κ1) is 23.6. The summed E-state index contributed by atoms with van der Waals surface area (Å²) in [6.07, 6.45) is 1.86. The number of anilines is 4. The third-order valence-electron chi connectivity index (χ3n) is 5.66. The molecule has 4 aromatic rings. The first-order chi connectivity index (χ1) is 17.4. The van der Waals surface area contributed by atoms with Gasteiger partial charge < -0.3 is 16.0 Å². The van der Waals surface area contributed by atoms with Crippen LogP contribution in [0, 0.1) is 3.57 Å².